The maximum atomic E-state index is 9.55. The predicted molar refractivity (Wildman–Crippen MR) is 99.6 cm³/mol. The van der Waals surface area contributed by atoms with Crippen LogP contribution in [0.1, 0.15) is 41.0 Å². The van der Waals surface area contributed by atoms with E-state index in [4.69, 9.17) is 11.5 Å². The molecular formula is C17H35BN3O. The zero-order chi connectivity index (χ0) is 18.0. The standard InChI is InChI=1S/C9H17BN3.C8H18O/c1-4-7(10-2)5-8(11)6-9(12)13-3;1-6-7(2,3)8(4,5)9/h4-6,9,13H,1,11-12H2,2-3H3;9H,6H2,1-5H3/b7-5+,8-6-;. The molecule has 0 aliphatic carbocycles. The van der Waals surface area contributed by atoms with Crippen LogP contribution in [0.2, 0.25) is 6.82 Å². The van der Waals surface area contributed by atoms with Crippen molar-refractivity contribution in [1.29, 1.82) is 0 Å². The van der Waals surface area contributed by atoms with Gasteiger partial charge in [-0.15, -0.1) is 0 Å². The first-order valence-corrected chi connectivity index (χ1v) is 7.71. The maximum absolute atomic E-state index is 9.55. The molecule has 0 saturated heterocycles. The SMILES string of the molecule is C=C/C([B]C)=C\C(N)=C\C(N)NC.CCC(C)(C)C(C)(C)O. The van der Waals surface area contributed by atoms with Gasteiger partial charge in [0, 0.05) is 5.70 Å². The molecule has 0 spiro atoms. The van der Waals surface area contributed by atoms with E-state index in [-0.39, 0.29) is 11.6 Å². The minimum atomic E-state index is -0.554. The number of aliphatic hydroxyl groups is 1. The number of allylic oxidation sites excluding steroid dienone is 3. The van der Waals surface area contributed by atoms with Crippen molar-refractivity contribution in [2.24, 2.45) is 16.9 Å². The molecule has 0 fully saturated rings. The summed E-state index contributed by atoms with van der Waals surface area (Å²) in [5.41, 5.74) is 12.4. The van der Waals surface area contributed by atoms with E-state index in [1.54, 1.807) is 19.2 Å². The van der Waals surface area contributed by atoms with E-state index in [1.807, 2.05) is 34.0 Å². The Balaban J connectivity index is 0. The molecule has 6 N–H and O–H groups in total. The molecule has 0 rings (SSSR count). The van der Waals surface area contributed by atoms with Crippen LogP contribution in [0.5, 0.6) is 0 Å². The number of nitrogens with one attached hydrogen (secondary N) is 1. The third-order valence-corrected chi connectivity index (χ3v) is 4.15. The summed E-state index contributed by atoms with van der Waals surface area (Å²) in [6, 6.07) is 0. The van der Waals surface area contributed by atoms with Crippen LogP contribution in [-0.4, -0.2) is 31.2 Å². The summed E-state index contributed by atoms with van der Waals surface area (Å²) in [6.45, 7) is 15.5. The Bertz CT molecular complexity index is 382. The van der Waals surface area contributed by atoms with Gasteiger partial charge in [-0.1, -0.05) is 45.7 Å². The topological polar surface area (TPSA) is 84.3 Å². The molecular weight excluding hydrogens is 273 g/mol. The summed E-state index contributed by atoms with van der Waals surface area (Å²) in [4.78, 5) is 0. The fraction of sp³-hybridized carbons (Fsp3) is 0.647. The summed E-state index contributed by atoms with van der Waals surface area (Å²) in [6.07, 6.45) is 6.11. The van der Waals surface area contributed by atoms with Crippen LogP contribution < -0.4 is 16.8 Å². The van der Waals surface area contributed by atoms with Crippen molar-refractivity contribution in [2.45, 2.75) is 59.6 Å². The fourth-order valence-corrected chi connectivity index (χ4v) is 1.22. The average Bonchev–Trinajstić information content (AvgIpc) is 2.43. The van der Waals surface area contributed by atoms with Gasteiger partial charge in [0.15, 0.2) is 0 Å². The van der Waals surface area contributed by atoms with Crippen LogP contribution in [0.3, 0.4) is 0 Å². The lowest BCUT2D eigenvalue weighted by atomic mass is 9.72. The molecule has 127 valence electrons. The second kappa shape index (κ2) is 10.7. The van der Waals surface area contributed by atoms with Crippen molar-refractivity contribution in [2.75, 3.05) is 7.05 Å². The van der Waals surface area contributed by atoms with Crippen molar-refractivity contribution >= 4 is 7.28 Å². The van der Waals surface area contributed by atoms with E-state index in [2.05, 4.69) is 32.7 Å². The van der Waals surface area contributed by atoms with Gasteiger partial charge >= 0.3 is 0 Å². The third-order valence-electron chi connectivity index (χ3n) is 4.15. The number of nitrogens with two attached hydrogens (primary N) is 2. The Morgan fingerprint density at radius 1 is 1.36 bits per heavy atom. The lowest BCUT2D eigenvalue weighted by Crippen LogP contribution is -2.38. The van der Waals surface area contributed by atoms with Crippen molar-refractivity contribution in [3.05, 3.63) is 36.0 Å². The van der Waals surface area contributed by atoms with Crippen molar-refractivity contribution in [1.82, 2.24) is 5.32 Å². The molecule has 1 unspecified atom stereocenters. The highest BCUT2D eigenvalue weighted by Crippen LogP contribution is 2.32. The van der Waals surface area contributed by atoms with E-state index < -0.39 is 5.60 Å². The van der Waals surface area contributed by atoms with E-state index in [0.717, 1.165) is 11.9 Å². The molecule has 0 aromatic carbocycles. The highest BCUT2D eigenvalue weighted by molar-refractivity contribution is 6.44. The summed E-state index contributed by atoms with van der Waals surface area (Å²) in [5.74, 6) is 0. The average molecular weight is 308 g/mol. The van der Waals surface area contributed by atoms with Gasteiger partial charge in [0.2, 0.25) is 0 Å². The lowest BCUT2D eigenvalue weighted by molar-refractivity contribution is -0.0366. The van der Waals surface area contributed by atoms with Crippen LogP contribution in [0.4, 0.5) is 0 Å². The Morgan fingerprint density at radius 3 is 2.09 bits per heavy atom. The maximum Gasteiger partial charge on any atom is 0.148 e. The first-order valence-electron chi connectivity index (χ1n) is 7.71. The van der Waals surface area contributed by atoms with Crippen molar-refractivity contribution in [3.8, 4) is 0 Å². The van der Waals surface area contributed by atoms with E-state index in [9.17, 15) is 5.11 Å². The fourth-order valence-electron chi connectivity index (χ4n) is 1.22. The Labute approximate surface area is 138 Å². The molecule has 1 atom stereocenters. The first-order chi connectivity index (χ1) is 9.94. The summed E-state index contributed by atoms with van der Waals surface area (Å²) in [7, 11) is 3.71. The summed E-state index contributed by atoms with van der Waals surface area (Å²) < 4.78 is 0. The molecule has 0 aliphatic heterocycles. The molecule has 0 heterocycles. The van der Waals surface area contributed by atoms with E-state index >= 15 is 0 Å². The molecule has 1 radical (unpaired) electrons. The van der Waals surface area contributed by atoms with Gasteiger partial charge in [0.05, 0.1) is 11.8 Å². The third kappa shape index (κ3) is 9.82. The van der Waals surface area contributed by atoms with Crippen molar-refractivity contribution < 1.29 is 5.11 Å². The van der Waals surface area contributed by atoms with Crippen LogP contribution in [-0.2, 0) is 0 Å². The first kappa shape index (κ1) is 23.2. The number of rotatable bonds is 7. The van der Waals surface area contributed by atoms with Gasteiger partial charge in [-0.05, 0) is 44.9 Å². The molecule has 0 saturated carbocycles. The number of likely N-dealkylation sites (N-methyl/N-ethyl adjacent to an activating group) is 1. The van der Waals surface area contributed by atoms with Gasteiger partial charge in [0.1, 0.15) is 7.28 Å². The van der Waals surface area contributed by atoms with Crippen molar-refractivity contribution in [3.63, 3.8) is 0 Å². The molecule has 0 aromatic heterocycles. The second-order valence-electron chi connectivity index (χ2n) is 6.41. The minimum Gasteiger partial charge on any atom is -0.399 e. The van der Waals surface area contributed by atoms with Crippen LogP contribution in [0.15, 0.2) is 36.0 Å². The monoisotopic (exact) mass is 308 g/mol. The Morgan fingerprint density at radius 2 is 1.86 bits per heavy atom. The molecule has 0 bridgehead atoms. The van der Waals surface area contributed by atoms with Gasteiger partial charge in [-0.25, -0.2) is 0 Å². The van der Waals surface area contributed by atoms with E-state index in [1.165, 1.54) is 0 Å². The summed E-state index contributed by atoms with van der Waals surface area (Å²) >= 11 is 0. The van der Waals surface area contributed by atoms with Crippen LogP contribution in [0.25, 0.3) is 0 Å². The Hall–Kier alpha value is -1.04. The molecule has 0 amide bonds. The Kier molecular flexibility index (Phi) is 11.2. The van der Waals surface area contributed by atoms with Crippen LogP contribution >= 0.6 is 0 Å². The van der Waals surface area contributed by atoms with E-state index in [0.29, 0.717) is 5.70 Å². The summed E-state index contributed by atoms with van der Waals surface area (Å²) in [5, 5.41) is 12.4. The van der Waals surface area contributed by atoms with Gasteiger partial charge in [0.25, 0.3) is 0 Å². The second-order valence-corrected chi connectivity index (χ2v) is 6.41. The minimum absolute atomic E-state index is 0.0347. The molecule has 4 nitrogen and oxygen atoms in total. The smallest absolute Gasteiger partial charge is 0.148 e. The molecule has 0 aliphatic rings. The zero-order valence-corrected chi connectivity index (χ0v) is 15.4. The molecule has 22 heavy (non-hydrogen) atoms. The highest BCUT2D eigenvalue weighted by Gasteiger charge is 2.32. The number of hydrogen-bond donors (Lipinski definition) is 4. The highest BCUT2D eigenvalue weighted by atomic mass is 16.3. The number of hydrogen-bond acceptors (Lipinski definition) is 4. The quantitative estimate of drug-likeness (QED) is 0.330. The predicted octanol–water partition coefficient (Wildman–Crippen LogP) is 2.35. The van der Waals surface area contributed by atoms with Gasteiger partial charge in [-0.3, -0.25) is 0 Å². The molecule has 5 heteroatoms. The van der Waals surface area contributed by atoms with Crippen LogP contribution in [0, 0.1) is 5.41 Å². The van der Waals surface area contributed by atoms with Gasteiger partial charge < -0.3 is 21.9 Å². The molecule has 0 aromatic rings. The van der Waals surface area contributed by atoms with Gasteiger partial charge in [-0.2, -0.15) is 0 Å². The largest absolute Gasteiger partial charge is 0.399 e. The normalized spacial score (nSPS) is 14.8. The zero-order valence-electron chi connectivity index (χ0n) is 15.4. The lowest BCUT2D eigenvalue weighted by Gasteiger charge is -2.36.